The lowest BCUT2D eigenvalue weighted by Gasteiger charge is -2.24. The zero-order valence-electron chi connectivity index (χ0n) is 9.83. The zero-order chi connectivity index (χ0) is 11.5. The SMILES string of the molecule is COc1ccc(C(C)(C)CON)cc1C. The molecule has 0 amide bonds. The number of hydrogen-bond donors (Lipinski definition) is 1. The van der Waals surface area contributed by atoms with Crippen LogP contribution in [0.3, 0.4) is 0 Å². The van der Waals surface area contributed by atoms with Gasteiger partial charge in [-0.2, -0.15) is 0 Å². The Hall–Kier alpha value is -1.06. The molecule has 1 aromatic rings. The number of methoxy groups -OCH3 is 1. The monoisotopic (exact) mass is 209 g/mol. The van der Waals surface area contributed by atoms with Crippen LogP contribution in [-0.2, 0) is 10.3 Å². The molecule has 0 unspecified atom stereocenters. The van der Waals surface area contributed by atoms with Gasteiger partial charge in [0.05, 0.1) is 13.7 Å². The largest absolute Gasteiger partial charge is 0.496 e. The molecule has 0 saturated carbocycles. The Morgan fingerprint density at radius 2 is 2.00 bits per heavy atom. The van der Waals surface area contributed by atoms with E-state index in [1.807, 2.05) is 19.1 Å². The summed E-state index contributed by atoms with van der Waals surface area (Å²) in [6, 6.07) is 6.13. The molecule has 0 aromatic heterocycles. The molecule has 0 fully saturated rings. The number of ether oxygens (including phenoxy) is 1. The van der Waals surface area contributed by atoms with E-state index in [9.17, 15) is 0 Å². The summed E-state index contributed by atoms with van der Waals surface area (Å²) in [7, 11) is 1.68. The minimum atomic E-state index is -0.0776. The Morgan fingerprint density at radius 3 is 2.47 bits per heavy atom. The predicted molar refractivity (Wildman–Crippen MR) is 60.9 cm³/mol. The quantitative estimate of drug-likeness (QED) is 0.773. The van der Waals surface area contributed by atoms with Crippen LogP contribution in [-0.4, -0.2) is 13.7 Å². The van der Waals surface area contributed by atoms with E-state index in [2.05, 4.69) is 19.9 Å². The highest BCUT2D eigenvalue weighted by atomic mass is 16.6. The van der Waals surface area contributed by atoms with Crippen molar-refractivity contribution in [3.05, 3.63) is 29.3 Å². The van der Waals surface area contributed by atoms with E-state index in [0.717, 1.165) is 11.3 Å². The fourth-order valence-corrected chi connectivity index (χ4v) is 1.59. The van der Waals surface area contributed by atoms with E-state index in [-0.39, 0.29) is 5.41 Å². The van der Waals surface area contributed by atoms with Crippen molar-refractivity contribution in [1.29, 1.82) is 0 Å². The average Bonchev–Trinajstić information content (AvgIpc) is 2.17. The second-order valence-corrected chi connectivity index (χ2v) is 4.38. The van der Waals surface area contributed by atoms with E-state index >= 15 is 0 Å². The van der Waals surface area contributed by atoms with Crippen molar-refractivity contribution in [3.63, 3.8) is 0 Å². The molecule has 84 valence electrons. The standard InChI is InChI=1S/C12H19NO2/c1-9-7-10(5-6-11(9)14-4)12(2,3)8-15-13/h5-7H,8,13H2,1-4H3. The maximum absolute atomic E-state index is 5.22. The molecule has 0 bridgehead atoms. The molecule has 2 N–H and O–H groups in total. The Bertz CT molecular complexity index is 334. The molecular weight excluding hydrogens is 190 g/mol. The van der Waals surface area contributed by atoms with Gasteiger partial charge in [-0.15, -0.1) is 0 Å². The van der Waals surface area contributed by atoms with Gasteiger partial charge in [0.1, 0.15) is 5.75 Å². The van der Waals surface area contributed by atoms with Crippen molar-refractivity contribution in [2.75, 3.05) is 13.7 Å². The van der Waals surface area contributed by atoms with Gasteiger partial charge in [-0.3, -0.25) is 0 Å². The number of hydrogen-bond acceptors (Lipinski definition) is 3. The molecule has 1 rings (SSSR count). The first kappa shape index (κ1) is 12.0. The van der Waals surface area contributed by atoms with Crippen molar-refractivity contribution < 1.29 is 9.57 Å². The number of rotatable bonds is 4. The van der Waals surface area contributed by atoms with Crippen molar-refractivity contribution in [2.45, 2.75) is 26.2 Å². The second kappa shape index (κ2) is 4.64. The molecule has 0 aliphatic rings. The highest BCUT2D eigenvalue weighted by Gasteiger charge is 2.21. The molecule has 0 radical (unpaired) electrons. The van der Waals surface area contributed by atoms with Gasteiger partial charge in [-0.25, -0.2) is 5.90 Å². The molecule has 0 aliphatic heterocycles. The summed E-state index contributed by atoms with van der Waals surface area (Å²) < 4.78 is 5.22. The maximum Gasteiger partial charge on any atom is 0.121 e. The van der Waals surface area contributed by atoms with Gasteiger partial charge in [0, 0.05) is 5.41 Å². The van der Waals surface area contributed by atoms with Gasteiger partial charge in [0.25, 0.3) is 0 Å². The second-order valence-electron chi connectivity index (χ2n) is 4.38. The van der Waals surface area contributed by atoms with Crippen LogP contribution in [0.1, 0.15) is 25.0 Å². The highest BCUT2D eigenvalue weighted by molar-refractivity contribution is 5.38. The molecule has 0 spiro atoms. The molecule has 3 nitrogen and oxygen atoms in total. The van der Waals surface area contributed by atoms with Gasteiger partial charge >= 0.3 is 0 Å². The van der Waals surface area contributed by atoms with Crippen molar-refractivity contribution in [2.24, 2.45) is 5.90 Å². The van der Waals surface area contributed by atoms with Crippen LogP contribution >= 0.6 is 0 Å². The Morgan fingerprint density at radius 1 is 1.33 bits per heavy atom. The minimum Gasteiger partial charge on any atom is -0.496 e. The molecule has 0 atom stereocenters. The Balaban J connectivity index is 3.01. The van der Waals surface area contributed by atoms with Crippen LogP contribution in [0.25, 0.3) is 0 Å². The first-order valence-electron chi connectivity index (χ1n) is 4.98. The summed E-state index contributed by atoms with van der Waals surface area (Å²) in [5.74, 6) is 6.03. The molecule has 0 heterocycles. The van der Waals surface area contributed by atoms with Gasteiger partial charge in [0.15, 0.2) is 0 Å². The first-order valence-corrected chi connectivity index (χ1v) is 4.98. The van der Waals surface area contributed by atoms with E-state index in [1.54, 1.807) is 7.11 Å². The summed E-state index contributed by atoms with van der Waals surface area (Å²) in [4.78, 5) is 4.73. The topological polar surface area (TPSA) is 44.5 Å². The zero-order valence-corrected chi connectivity index (χ0v) is 9.83. The van der Waals surface area contributed by atoms with Crippen LogP contribution < -0.4 is 10.6 Å². The lowest BCUT2D eigenvalue weighted by molar-refractivity contribution is 0.0964. The lowest BCUT2D eigenvalue weighted by Crippen LogP contribution is -2.26. The van der Waals surface area contributed by atoms with Gasteiger partial charge < -0.3 is 9.57 Å². The van der Waals surface area contributed by atoms with Crippen LogP contribution in [0, 0.1) is 6.92 Å². The number of nitrogens with two attached hydrogens (primary N) is 1. The molecule has 1 aromatic carbocycles. The van der Waals surface area contributed by atoms with E-state index in [0.29, 0.717) is 6.61 Å². The van der Waals surface area contributed by atoms with Crippen LogP contribution in [0.15, 0.2) is 18.2 Å². The van der Waals surface area contributed by atoms with Crippen molar-refractivity contribution in [1.82, 2.24) is 0 Å². The smallest absolute Gasteiger partial charge is 0.121 e. The molecule has 0 saturated heterocycles. The molecule has 15 heavy (non-hydrogen) atoms. The van der Waals surface area contributed by atoms with E-state index < -0.39 is 0 Å². The summed E-state index contributed by atoms with van der Waals surface area (Å²) in [5.41, 5.74) is 2.25. The number of aryl methyl sites for hydroxylation is 1. The average molecular weight is 209 g/mol. The van der Waals surface area contributed by atoms with Gasteiger partial charge in [0.2, 0.25) is 0 Å². The van der Waals surface area contributed by atoms with Crippen LogP contribution in [0.4, 0.5) is 0 Å². The fraction of sp³-hybridized carbons (Fsp3) is 0.500. The summed E-state index contributed by atoms with van der Waals surface area (Å²) in [6.45, 7) is 6.72. The van der Waals surface area contributed by atoms with Crippen molar-refractivity contribution in [3.8, 4) is 5.75 Å². The van der Waals surface area contributed by atoms with Gasteiger partial charge in [-0.1, -0.05) is 26.0 Å². The van der Waals surface area contributed by atoms with Gasteiger partial charge in [-0.05, 0) is 24.1 Å². The summed E-state index contributed by atoms with van der Waals surface area (Å²) in [5, 5.41) is 0. The minimum absolute atomic E-state index is 0.0776. The van der Waals surface area contributed by atoms with Crippen LogP contribution in [0.5, 0.6) is 5.75 Å². The third-order valence-electron chi connectivity index (χ3n) is 2.62. The maximum atomic E-state index is 5.22. The third-order valence-corrected chi connectivity index (χ3v) is 2.62. The third kappa shape index (κ3) is 2.70. The Kier molecular flexibility index (Phi) is 3.72. The Labute approximate surface area is 91.1 Å². The normalized spacial score (nSPS) is 11.5. The van der Waals surface area contributed by atoms with E-state index in [4.69, 9.17) is 15.5 Å². The fourth-order valence-electron chi connectivity index (χ4n) is 1.59. The predicted octanol–water partition coefficient (Wildman–Crippen LogP) is 2.17. The van der Waals surface area contributed by atoms with Crippen molar-refractivity contribution >= 4 is 0 Å². The lowest BCUT2D eigenvalue weighted by atomic mass is 9.85. The van der Waals surface area contributed by atoms with E-state index in [1.165, 1.54) is 5.56 Å². The molecule has 3 heteroatoms. The summed E-state index contributed by atoms with van der Waals surface area (Å²) in [6.07, 6.45) is 0. The molecular formula is C12H19NO2. The molecule has 0 aliphatic carbocycles. The van der Waals surface area contributed by atoms with Crippen LogP contribution in [0.2, 0.25) is 0 Å². The number of benzene rings is 1. The first-order chi connectivity index (χ1) is 7.01. The summed E-state index contributed by atoms with van der Waals surface area (Å²) >= 11 is 0. The highest BCUT2D eigenvalue weighted by Crippen LogP contribution is 2.27.